The van der Waals surface area contributed by atoms with Gasteiger partial charge < -0.3 is 9.80 Å². The zero-order valence-corrected chi connectivity index (χ0v) is 14.4. The van der Waals surface area contributed by atoms with Crippen molar-refractivity contribution in [2.45, 2.75) is 0 Å². The van der Waals surface area contributed by atoms with Gasteiger partial charge in [0.2, 0.25) is 0 Å². The van der Waals surface area contributed by atoms with Crippen LogP contribution in [0.5, 0.6) is 0 Å². The summed E-state index contributed by atoms with van der Waals surface area (Å²) in [4.78, 5) is 28.4. The molecular weight excluding hydrogens is 347 g/mol. The van der Waals surface area contributed by atoms with Gasteiger partial charge in [0.15, 0.2) is 0 Å². The van der Waals surface area contributed by atoms with Crippen LogP contribution in [0.3, 0.4) is 0 Å². The molecule has 2 aromatic carbocycles. The standard InChI is InChI=1S/C18H16Cl2N2O2/c19-15-5-1-13(2-6-15)17(23)21-9-11-22(12-10-21)18(24)14-3-7-16(20)8-4-14/h1-8H,9-12H2. The first-order valence-electron chi connectivity index (χ1n) is 7.64. The molecule has 1 fully saturated rings. The van der Waals surface area contributed by atoms with Gasteiger partial charge in [-0.3, -0.25) is 9.59 Å². The van der Waals surface area contributed by atoms with E-state index in [9.17, 15) is 9.59 Å². The van der Waals surface area contributed by atoms with Crippen LogP contribution in [0.2, 0.25) is 10.0 Å². The molecule has 0 spiro atoms. The van der Waals surface area contributed by atoms with Crippen LogP contribution in [0.1, 0.15) is 20.7 Å². The normalized spacial score (nSPS) is 14.6. The van der Waals surface area contributed by atoms with Crippen LogP contribution in [-0.4, -0.2) is 47.8 Å². The van der Waals surface area contributed by atoms with Crippen molar-refractivity contribution < 1.29 is 9.59 Å². The number of piperazine rings is 1. The van der Waals surface area contributed by atoms with E-state index >= 15 is 0 Å². The lowest BCUT2D eigenvalue weighted by Gasteiger charge is -2.35. The van der Waals surface area contributed by atoms with Crippen LogP contribution in [0.25, 0.3) is 0 Å². The first kappa shape index (κ1) is 16.8. The lowest BCUT2D eigenvalue weighted by atomic mass is 10.1. The highest BCUT2D eigenvalue weighted by molar-refractivity contribution is 6.31. The highest BCUT2D eigenvalue weighted by Crippen LogP contribution is 2.15. The Labute approximate surface area is 150 Å². The van der Waals surface area contributed by atoms with Crippen molar-refractivity contribution in [3.8, 4) is 0 Å². The monoisotopic (exact) mass is 362 g/mol. The number of hydrogen-bond acceptors (Lipinski definition) is 2. The molecule has 2 amide bonds. The number of benzene rings is 2. The summed E-state index contributed by atoms with van der Waals surface area (Å²) in [5.74, 6) is -0.0736. The molecule has 1 aliphatic heterocycles. The molecular formula is C18H16Cl2N2O2. The van der Waals surface area contributed by atoms with Crippen molar-refractivity contribution in [3.63, 3.8) is 0 Å². The molecule has 1 heterocycles. The molecule has 0 unspecified atom stereocenters. The summed E-state index contributed by atoms with van der Waals surface area (Å²) < 4.78 is 0. The Balaban J connectivity index is 1.61. The molecule has 0 saturated carbocycles. The summed E-state index contributed by atoms with van der Waals surface area (Å²) in [7, 11) is 0. The van der Waals surface area contributed by atoms with Crippen LogP contribution < -0.4 is 0 Å². The van der Waals surface area contributed by atoms with Crippen molar-refractivity contribution in [2.24, 2.45) is 0 Å². The fourth-order valence-electron chi connectivity index (χ4n) is 2.66. The Morgan fingerprint density at radius 1 is 0.625 bits per heavy atom. The van der Waals surface area contributed by atoms with Crippen LogP contribution in [0.4, 0.5) is 0 Å². The van der Waals surface area contributed by atoms with Crippen molar-refractivity contribution >= 4 is 35.0 Å². The quantitative estimate of drug-likeness (QED) is 0.818. The molecule has 3 rings (SSSR count). The second-order valence-electron chi connectivity index (χ2n) is 5.60. The van der Waals surface area contributed by atoms with E-state index in [4.69, 9.17) is 23.2 Å². The Morgan fingerprint density at radius 2 is 0.917 bits per heavy atom. The van der Waals surface area contributed by atoms with Crippen molar-refractivity contribution in [2.75, 3.05) is 26.2 Å². The summed E-state index contributed by atoms with van der Waals surface area (Å²) >= 11 is 11.7. The average molecular weight is 363 g/mol. The van der Waals surface area contributed by atoms with Gasteiger partial charge in [-0.2, -0.15) is 0 Å². The van der Waals surface area contributed by atoms with Crippen LogP contribution in [0.15, 0.2) is 48.5 Å². The SMILES string of the molecule is O=C(c1ccc(Cl)cc1)N1CCN(C(=O)c2ccc(Cl)cc2)CC1. The van der Waals surface area contributed by atoms with Gasteiger partial charge in [-0.05, 0) is 48.5 Å². The van der Waals surface area contributed by atoms with Crippen LogP contribution in [0, 0.1) is 0 Å². The molecule has 4 nitrogen and oxygen atoms in total. The first-order valence-corrected chi connectivity index (χ1v) is 8.40. The van der Waals surface area contributed by atoms with E-state index in [1.54, 1.807) is 58.3 Å². The predicted octanol–water partition coefficient (Wildman–Crippen LogP) is 3.59. The Hall–Kier alpha value is -2.04. The minimum Gasteiger partial charge on any atom is -0.335 e. The fourth-order valence-corrected chi connectivity index (χ4v) is 2.91. The van der Waals surface area contributed by atoms with Gasteiger partial charge in [0.25, 0.3) is 11.8 Å². The molecule has 124 valence electrons. The van der Waals surface area contributed by atoms with E-state index in [1.165, 1.54) is 0 Å². The number of halogens is 2. The lowest BCUT2D eigenvalue weighted by molar-refractivity contribution is 0.0535. The zero-order chi connectivity index (χ0) is 17.1. The molecule has 0 aromatic heterocycles. The van der Waals surface area contributed by atoms with Crippen molar-refractivity contribution in [1.82, 2.24) is 9.80 Å². The number of hydrogen-bond donors (Lipinski definition) is 0. The molecule has 24 heavy (non-hydrogen) atoms. The number of amides is 2. The average Bonchev–Trinajstić information content (AvgIpc) is 2.62. The Bertz CT molecular complexity index is 671. The smallest absolute Gasteiger partial charge is 0.253 e. The summed E-state index contributed by atoms with van der Waals surface area (Å²) in [6.07, 6.45) is 0. The van der Waals surface area contributed by atoms with Gasteiger partial charge in [0.1, 0.15) is 0 Å². The molecule has 2 aromatic rings. The van der Waals surface area contributed by atoms with E-state index < -0.39 is 0 Å². The van der Waals surface area contributed by atoms with Crippen molar-refractivity contribution in [1.29, 1.82) is 0 Å². The van der Waals surface area contributed by atoms with Crippen LogP contribution in [-0.2, 0) is 0 Å². The van der Waals surface area contributed by atoms with Gasteiger partial charge in [0, 0.05) is 47.4 Å². The maximum atomic E-state index is 12.5. The minimum absolute atomic E-state index is 0.0368. The second-order valence-corrected chi connectivity index (χ2v) is 6.47. The molecule has 0 N–H and O–H groups in total. The highest BCUT2D eigenvalue weighted by Gasteiger charge is 2.25. The third kappa shape index (κ3) is 3.71. The third-order valence-electron chi connectivity index (χ3n) is 4.04. The van der Waals surface area contributed by atoms with E-state index in [-0.39, 0.29) is 11.8 Å². The molecule has 1 saturated heterocycles. The fraction of sp³-hybridized carbons (Fsp3) is 0.222. The van der Waals surface area contributed by atoms with Gasteiger partial charge in [-0.15, -0.1) is 0 Å². The molecule has 1 aliphatic rings. The number of nitrogens with zero attached hydrogens (tertiary/aromatic N) is 2. The van der Waals surface area contributed by atoms with Gasteiger partial charge in [0.05, 0.1) is 0 Å². The van der Waals surface area contributed by atoms with Crippen molar-refractivity contribution in [3.05, 3.63) is 69.7 Å². The van der Waals surface area contributed by atoms with E-state index in [0.29, 0.717) is 47.4 Å². The maximum Gasteiger partial charge on any atom is 0.253 e. The van der Waals surface area contributed by atoms with Gasteiger partial charge >= 0.3 is 0 Å². The van der Waals surface area contributed by atoms with Gasteiger partial charge in [-0.1, -0.05) is 23.2 Å². The molecule has 0 bridgehead atoms. The second kappa shape index (κ2) is 7.24. The minimum atomic E-state index is -0.0368. The summed E-state index contributed by atoms with van der Waals surface area (Å²) in [6.45, 7) is 2.06. The van der Waals surface area contributed by atoms with Gasteiger partial charge in [-0.25, -0.2) is 0 Å². The third-order valence-corrected chi connectivity index (χ3v) is 4.54. The van der Waals surface area contributed by atoms with E-state index in [1.807, 2.05) is 0 Å². The summed E-state index contributed by atoms with van der Waals surface area (Å²) in [6, 6.07) is 13.7. The molecule has 0 atom stereocenters. The molecule has 0 radical (unpaired) electrons. The van der Waals surface area contributed by atoms with Crippen LogP contribution >= 0.6 is 23.2 Å². The first-order chi connectivity index (χ1) is 11.5. The topological polar surface area (TPSA) is 40.6 Å². The predicted molar refractivity (Wildman–Crippen MR) is 94.7 cm³/mol. The largest absolute Gasteiger partial charge is 0.335 e. The zero-order valence-electron chi connectivity index (χ0n) is 12.9. The summed E-state index contributed by atoms with van der Waals surface area (Å²) in [5.41, 5.74) is 1.22. The highest BCUT2D eigenvalue weighted by atomic mass is 35.5. The molecule has 6 heteroatoms. The number of rotatable bonds is 2. The number of carbonyl (C=O) groups is 2. The number of carbonyl (C=O) groups excluding carboxylic acids is 2. The lowest BCUT2D eigenvalue weighted by Crippen LogP contribution is -2.50. The van der Waals surface area contributed by atoms with E-state index in [2.05, 4.69) is 0 Å². The maximum absolute atomic E-state index is 12.5. The summed E-state index contributed by atoms with van der Waals surface area (Å²) in [5, 5.41) is 1.20. The van der Waals surface area contributed by atoms with E-state index in [0.717, 1.165) is 0 Å². The Morgan fingerprint density at radius 3 is 1.21 bits per heavy atom. The molecule has 0 aliphatic carbocycles. The Kier molecular flexibility index (Phi) is 5.07.